The van der Waals surface area contributed by atoms with Crippen LogP contribution < -0.4 is 0 Å². The molecule has 122 valence electrons. The molecule has 1 N–H and O–H groups in total. The van der Waals surface area contributed by atoms with Gasteiger partial charge < -0.3 is 4.98 Å². The molecule has 1 rings (SSSR count). The smallest absolute Gasteiger partial charge is 0.109 e. The van der Waals surface area contributed by atoms with Crippen molar-refractivity contribution >= 4 is 0 Å². The lowest BCUT2D eigenvalue weighted by Crippen LogP contribution is -2.23. The molecular formula is C19H36N2. The van der Waals surface area contributed by atoms with Crippen LogP contribution in [0.15, 0.2) is 0 Å². The van der Waals surface area contributed by atoms with Gasteiger partial charge in [0.1, 0.15) is 5.82 Å². The van der Waals surface area contributed by atoms with Crippen LogP contribution >= 0.6 is 0 Å². The first-order valence-corrected chi connectivity index (χ1v) is 8.78. The van der Waals surface area contributed by atoms with E-state index in [0.29, 0.717) is 23.7 Å². The fourth-order valence-corrected chi connectivity index (χ4v) is 2.64. The Morgan fingerprint density at radius 3 is 1.76 bits per heavy atom. The fourth-order valence-electron chi connectivity index (χ4n) is 2.64. The van der Waals surface area contributed by atoms with E-state index in [1.54, 1.807) is 0 Å². The molecule has 0 saturated heterocycles. The maximum atomic E-state index is 5.09. The molecule has 2 unspecified atom stereocenters. The number of imidazole rings is 1. The third-order valence-corrected chi connectivity index (χ3v) is 5.77. The zero-order chi connectivity index (χ0) is 16.4. The average molecular weight is 293 g/mol. The van der Waals surface area contributed by atoms with Crippen molar-refractivity contribution in [1.82, 2.24) is 9.97 Å². The van der Waals surface area contributed by atoms with E-state index in [1.165, 1.54) is 17.2 Å². The van der Waals surface area contributed by atoms with E-state index in [1.807, 2.05) is 0 Å². The second-order valence-corrected chi connectivity index (χ2v) is 7.72. The zero-order valence-corrected chi connectivity index (χ0v) is 15.7. The minimum absolute atomic E-state index is 0.184. The van der Waals surface area contributed by atoms with E-state index in [9.17, 15) is 0 Å². The summed E-state index contributed by atoms with van der Waals surface area (Å²) in [5.41, 5.74) is 2.87. The highest BCUT2D eigenvalue weighted by Crippen LogP contribution is 2.38. The quantitative estimate of drug-likeness (QED) is 0.655. The predicted molar refractivity (Wildman–Crippen MR) is 93.0 cm³/mol. The lowest BCUT2D eigenvalue weighted by atomic mass is 9.77. The van der Waals surface area contributed by atoms with Crippen molar-refractivity contribution < 1.29 is 0 Å². The Labute approximate surface area is 132 Å². The molecule has 1 aromatic rings. The Hall–Kier alpha value is -0.790. The van der Waals surface area contributed by atoms with Crippen LogP contribution in [0, 0.1) is 11.8 Å². The number of aromatic amines is 1. The van der Waals surface area contributed by atoms with Gasteiger partial charge in [0.15, 0.2) is 0 Å². The minimum atomic E-state index is 0.184. The highest BCUT2D eigenvalue weighted by atomic mass is 15.0. The normalized spacial score (nSPS) is 15.8. The van der Waals surface area contributed by atoms with Gasteiger partial charge in [-0.1, -0.05) is 62.3 Å². The van der Waals surface area contributed by atoms with Crippen LogP contribution in [0.2, 0.25) is 0 Å². The minimum Gasteiger partial charge on any atom is -0.345 e. The van der Waals surface area contributed by atoms with Crippen molar-refractivity contribution in [2.24, 2.45) is 11.8 Å². The van der Waals surface area contributed by atoms with E-state index in [0.717, 1.165) is 12.8 Å². The molecule has 2 heteroatoms. The number of hydrogen-bond donors (Lipinski definition) is 1. The SMILES string of the molecule is CCC(C)(CC)c1nc(C(C)C(C)C)[nH]c1C(C)C(C)C. The summed E-state index contributed by atoms with van der Waals surface area (Å²) in [5.74, 6) is 3.42. The van der Waals surface area contributed by atoms with Crippen molar-refractivity contribution in [2.45, 2.75) is 92.4 Å². The number of nitrogens with zero attached hydrogens (tertiary/aromatic N) is 1. The van der Waals surface area contributed by atoms with E-state index in [2.05, 4.69) is 67.3 Å². The van der Waals surface area contributed by atoms with Crippen LogP contribution in [0.5, 0.6) is 0 Å². The number of aromatic nitrogens is 2. The molecule has 0 bridgehead atoms. The summed E-state index contributed by atoms with van der Waals surface area (Å²) >= 11 is 0. The van der Waals surface area contributed by atoms with Crippen LogP contribution in [0.25, 0.3) is 0 Å². The molecule has 2 nitrogen and oxygen atoms in total. The highest BCUT2D eigenvalue weighted by molar-refractivity contribution is 5.28. The third-order valence-electron chi connectivity index (χ3n) is 5.77. The summed E-state index contributed by atoms with van der Waals surface area (Å²) in [5, 5.41) is 0. The number of rotatable bonds is 7. The van der Waals surface area contributed by atoms with Gasteiger partial charge >= 0.3 is 0 Å². The van der Waals surface area contributed by atoms with Gasteiger partial charge in [-0.15, -0.1) is 0 Å². The topological polar surface area (TPSA) is 28.7 Å². The van der Waals surface area contributed by atoms with E-state index < -0.39 is 0 Å². The summed E-state index contributed by atoms with van der Waals surface area (Å²) in [6, 6.07) is 0. The van der Waals surface area contributed by atoms with Crippen LogP contribution in [0.3, 0.4) is 0 Å². The molecular weight excluding hydrogens is 256 g/mol. The van der Waals surface area contributed by atoms with Crippen molar-refractivity contribution in [3.05, 3.63) is 17.2 Å². The third kappa shape index (κ3) is 3.70. The Bertz CT molecular complexity index is 438. The summed E-state index contributed by atoms with van der Waals surface area (Å²) in [7, 11) is 0. The van der Waals surface area contributed by atoms with Gasteiger partial charge in [0.05, 0.1) is 5.69 Å². The summed E-state index contributed by atoms with van der Waals surface area (Å²) in [6.07, 6.45) is 2.28. The predicted octanol–water partition coefficient (Wildman–Crippen LogP) is 6.01. The molecule has 21 heavy (non-hydrogen) atoms. The Morgan fingerprint density at radius 1 is 0.905 bits per heavy atom. The Kier molecular flexibility index (Phi) is 6.07. The highest BCUT2D eigenvalue weighted by Gasteiger charge is 2.32. The first-order valence-electron chi connectivity index (χ1n) is 8.78. The maximum Gasteiger partial charge on any atom is 0.109 e. The van der Waals surface area contributed by atoms with Crippen molar-refractivity contribution in [2.75, 3.05) is 0 Å². The van der Waals surface area contributed by atoms with Crippen LogP contribution in [0.1, 0.15) is 104 Å². The molecule has 2 atom stereocenters. The van der Waals surface area contributed by atoms with Gasteiger partial charge in [0.25, 0.3) is 0 Å². The molecule has 0 spiro atoms. The first kappa shape index (κ1) is 18.3. The van der Waals surface area contributed by atoms with Gasteiger partial charge in [-0.3, -0.25) is 0 Å². The van der Waals surface area contributed by atoms with Crippen molar-refractivity contribution in [3.63, 3.8) is 0 Å². The van der Waals surface area contributed by atoms with E-state index >= 15 is 0 Å². The van der Waals surface area contributed by atoms with Gasteiger partial charge in [-0.2, -0.15) is 0 Å². The second-order valence-electron chi connectivity index (χ2n) is 7.72. The van der Waals surface area contributed by atoms with Gasteiger partial charge in [-0.25, -0.2) is 4.98 Å². The molecule has 0 aliphatic carbocycles. The van der Waals surface area contributed by atoms with Crippen molar-refractivity contribution in [1.29, 1.82) is 0 Å². The summed E-state index contributed by atoms with van der Waals surface area (Å²) in [6.45, 7) is 20.7. The van der Waals surface area contributed by atoms with Gasteiger partial charge in [0, 0.05) is 22.9 Å². The lowest BCUT2D eigenvalue weighted by Gasteiger charge is -2.28. The maximum absolute atomic E-state index is 5.09. The van der Waals surface area contributed by atoms with E-state index in [-0.39, 0.29) is 5.41 Å². The van der Waals surface area contributed by atoms with Gasteiger partial charge in [0.2, 0.25) is 0 Å². The summed E-state index contributed by atoms with van der Waals surface area (Å²) < 4.78 is 0. The Balaban J connectivity index is 3.39. The van der Waals surface area contributed by atoms with Crippen LogP contribution in [-0.2, 0) is 5.41 Å². The number of hydrogen-bond acceptors (Lipinski definition) is 1. The van der Waals surface area contributed by atoms with Gasteiger partial charge in [-0.05, 0) is 24.7 Å². The number of H-pyrrole nitrogens is 1. The molecule has 1 aromatic heterocycles. The molecule has 0 aromatic carbocycles. The monoisotopic (exact) mass is 292 g/mol. The zero-order valence-electron chi connectivity index (χ0n) is 15.7. The van der Waals surface area contributed by atoms with Crippen LogP contribution in [0.4, 0.5) is 0 Å². The lowest BCUT2D eigenvalue weighted by molar-refractivity contribution is 0.412. The molecule has 0 saturated carbocycles. The Morgan fingerprint density at radius 2 is 1.38 bits per heavy atom. The standard InChI is InChI=1S/C19H36N2/c1-10-19(9,11-2)17-16(14(7)12(3)4)20-18(21-17)15(8)13(5)6/h12-15H,10-11H2,1-9H3,(H,20,21). The average Bonchev–Trinajstić information content (AvgIpc) is 2.89. The van der Waals surface area contributed by atoms with Crippen molar-refractivity contribution in [3.8, 4) is 0 Å². The summed E-state index contributed by atoms with van der Waals surface area (Å²) in [4.78, 5) is 8.80. The first-order chi connectivity index (χ1) is 9.67. The molecule has 0 amide bonds. The molecule has 0 fully saturated rings. The van der Waals surface area contributed by atoms with E-state index in [4.69, 9.17) is 4.98 Å². The molecule has 0 aliphatic heterocycles. The van der Waals surface area contributed by atoms with Crippen LogP contribution in [-0.4, -0.2) is 9.97 Å². The molecule has 0 radical (unpaired) electrons. The molecule has 1 heterocycles. The number of nitrogens with one attached hydrogen (secondary N) is 1. The second kappa shape index (κ2) is 6.98. The molecule has 0 aliphatic rings. The fraction of sp³-hybridized carbons (Fsp3) is 0.842. The largest absolute Gasteiger partial charge is 0.345 e.